The number of carbonyl (C=O) groups is 1. The van der Waals surface area contributed by atoms with Gasteiger partial charge in [0.2, 0.25) is 0 Å². The maximum absolute atomic E-state index is 12.8. The summed E-state index contributed by atoms with van der Waals surface area (Å²) in [6.07, 6.45) is 0.903. The van der Waals surface area contributed by atoms with Gasteiger partial charge in [-0.3, -0.25) is 4.79 Å². The number of nitrogens with one attached hydrogen (secondary N) is 1. The maximum Gasteiger partial charge on any atom is 0.253 e. The number of aromatic nitrogens is 2. The molecule has 1 atom stereocenters. The van der Waals surface area contributed by atoms with E-state index in [4.69, 9.17) is 9.72 Å². The van der Waals surface area contributed by atoms with Crippen LogP contribution in [0.4, 0.5) is 0 Å². The number of rotatable bonds is 7. The van der Waals surface area contributed by atoms with Gasteiger partial charge in [-0.25, -0.2) is 4.98 Å². The van der Waals surface area contributed by atoms with Crippen LogP contribution in [-0.4, -0.2) is 28.6 Å². The van der Waals surface area contributed by atoms with Gasteiger partial charge in [0.25, 0.3) is 5.91 Å². The van der Waals surface area contributed by atoms with Crippen molar-refractivity contribution in [1.82, 2.24) is 14.9 Å². The summed E-state index contributed by atoms with van der Waals surface area (Å²) in [5.41, 5.74) is 4.60. The Morgan fingerprint density at radius 3 is 2.52 bits per heavy atom. The molecule has 6 heteroatoms. The Morgan fingerprint density at radius 1 is 1.24 bits per heavy atom. The van der Waals surface area contributed by atoms with Crippen LogP contribution in [0.1, 0.15) is 56.2 Å². The number of carbonyl (C=O) groups excluding carboxylic acids is 1. The lowest BCUT2D eigenvalue weighted by Gasteiger charge is -2.15. The molecule has 1 unspecified atom stereocenters. The van der Waals surface area contributed by atoms with Crippen molar-refractivity contribution >= 4 is 17.2 Å². The SMILES string of the molecule is CCC(C)NC(=O)c1cc(-c2csc(-c3ccc(OC)cc3)n2)n(C(C)C)c1C. The molecule has 0 saturated carbocycles. The first-order valence-electron chi connectivity index (χ1n) is 9.98. The Hall–Kier alpha value is -2.60. The molecule has 29 heavy (non-hydrogen) atoms. The number of methoxy groups -OCH3 is 1. The zero-order valence-corrected chi connectivity index (χ0v) is 18.8. The molecule has 3 aromatic rings. The minimum atomic E-state index is -0.0249. The lowest BCUT2D eigenvalue weighted by atomic mass is 10.2. The first kappa shape index (κ1) is 21.1. The maximum atomic E-state index is 12.8. The van der Waals surface area contributed by atoms with E-state index < -0.39 is 0 Å². The van der Waals surface area contributed by atoms with Crippen LogP contribution in [0.25, 0.3) is 22.0 Å². The topological polar surface area (TPSA) is 56.1 Å². The van der Waals surface area contributed by atoms with Gasteiger partial charge in [-0.05, 0) is 64.4 Å². The van der Waals surface area contributed by atoms with E-state index in [-0.39, 0.29) is 18.0 Å². The fraction of sp³-hybridized carbons (Fsp3) is 0.391. The first-order chi connectivity index (χ1) is 13.8. The molecule has 2 aromatic heterocycles. The Bertz CT molecular complexity index is 986. The van der Waals surface area contributed by atoms with Crippen molar-refractivity contribution in [2.75, 3.05) is 7.11 Å². The lowest BCUT2D eigenvalue weighted by molar-refractivity contribution is 0.0938. The first-order valence-corrected chi connectivity index (χ1v) is 10.9. The van der Waals surface area contributed by atoms with E-state index in [1.807, 2.05) is 44.2 Å². The predicted octanol–water partition coefficient (Wildman–Crippen LogP) is 5.70. The molecule has 0 spiro atoms. The number of nitrogens with zero attached hydrogens (tertiary/aromatic N) is 2. The van der Waals surface area contributed by atoms with Crippen LogP contribution < -0.4 is 10.1 Å². The lowest BCUT2D eigenvalue weighted by Crippen LogP contribution is -2.32. The highest BCUT2D eigenvalue weighted by Crippen LogP contribution is 2.33. The Balaban J connectivity index is 1.98. The van der Waals surface area contributed by atoms with E-state index in [1.165, 1.54) is 0 Å². The zero-order chi connectivity index (χ0) is 21.1. The van der Waals surface area contributed by atoms with Crippen molar-refractivity contribution in [2.24, 2.45) is 0 Å². The summed E-state index contributed by atoms with van der Waals surface area (Å²) in [6.45, 7) is 10.4. The molecule has 1 aromatic carbocycles. The third kappa shape index (κ3) is 4.37. The summed E-state index contributed by atoms with van der Waals surface area (Å²) >= 11 is 1.60. The Morgan fingerprint density at radius 2 is 1.93 bits per heavy atom. The molecule has 2 heterocycles. The van der Waals surface area contributed by atoms with Crippen molar-refractivity contribution in [2.45, 2.75) is 53.1 Å². The van der Waals surface area contributed by atoms with Crippen LogP contribution in [0, 0.1) is 6.92 Å². The zero-order valence-electron chi connectivity index (χ0n) is 17.9. The van der Waals surface area contributed by atoms with E-state index in [1.54, 1.807) is 18.4 Å². The minimum Gasteiger partial charge on any atom is -0.497 e. The number of hydrogen-bond donors (Lipinski definition) is 1. The van der Waals surface area contributed by atoms with Gasteiger partial charge >= 0.3 is 0 Å². The summed E-state index contributed by atoms with van der Waals surface area (Å²) in [7, 11) is 1.66. The number of benzene rings is 1. The molecule has 0 aliphatic heterocycles. The van der Waals surface area contributed by atoms with Crippen LogP contribution in [0.3, 0.4) is 0 Å². The van der Waals surface area contributed by atoms with Crippen LogP contribution >= 0.6 is 11.3 Å². The largest absolute Gasteiger partial charge is 0.497 e. The van der Waals surface area contributed by atoms with Gasteiger partial charge in [0.1, 0.15) is 10.8 Å². The summed E-state index contributed by atoms with van der Waals surface area (Å²) < 4.78 is 7.43. The Kier molecular flexibility index (Phi) is 6.42. The second-order valence-electron chi connectivity index (χ2n) is 7.54. The van der Waals surface area contributed by atoms with Gasteiger partial charge in [-0.1, -0.05) is 6.92 Å². The van der Waals surface area contributed by atoms with Gasteiger partial charge in [0.05, 0.1) is 24.1 Å². The van der Waals surface area contributed by atoms with Crippen LogP contribution in [-0.2, 0) is 0 Å². The second-order valence-corrected chi connectivity index (χ2v) is 8.40. The number of thiazole rings is 1. The van der Waals surface area contributed by atoms with Crippen LogP contribution in [0.5, 0.6) is 5.75 Å². The molecule has 5 nitrogen and oxygen atoms in total. The smallest absolute Gasteiger partial charge is 0.253 e. The number of ether oxygens (including phenoxy) is 1. The molecule has 154 valence electrons. The average Bonchev–Trinajstić information content (AvgIpc) is 3.32. The third-order valence-corrected chi connectivity index (χ3v) is 6.04. The van der Waals surface area contributed by atoms with Crippen LogP contribution in [0.15, 0.2) is 35.7 Å². The molecular weight excluding hydrogens is 382 g/mol. The molecule has 0 bridgehead atoms. The van der Waals surface area contributed by atoms with Gasteiger partial charge < -0.3 is 14.6 Å². The molecule has 0 fully saturated rings. The highest BCUT2D eigenvalue weighted by molar-refractivity contribution is 7.13. The van der Waals surface area contributed by atoms with Crippen molar-refractivity contribution in [3.05, 3.63) is 47.0 Å². The normalized spacial score (nSPS) is 12.2. The van der Waals surface area contributed by atoms with E-state index >= 15 is 0 Å². The van der Waals surface area contributed by atoms with Gasteiger partial charge in [0.15, 0.2) is 0 Å². The molecule has 1 N–H and O–H groups in total. The standard InChI is InChI=1S/C23H29N3O2S/c1-7-15(4)24-22(27)19-12-21(26(14(2)3)16(19)5)20-13-29-23(25-20)17-8-10-18(28-6)11-9-17/h8-15H,7H2,1-6H3,(H,24,27). The summed E-state index contributed by atoms with van der Waals surface area (Å²) in [4.78, 5) is 17.7. The molecule has 0 saturated heterocycles. The highest BCUT2D eigenvalue weighted by atomic mass is 32.1. The summed E-state index contributed by atoms with van der Waals surface area (Å²) in [5, 5.41) is 6.08. The van der Waals surface area contributed by atoms with Crippen molar-refractivity contribution in [3.8, 4) is 27.7 Å². The van der Waals surface area contributed by atoms with Crippen molar-refractivity contribution in [3.63, 3.8) is 0 Å². The summed E-state index contributed by atoms with van der Waals surface area (Å²) in [5.74, 6) is 0.801. The Labute approximate surface area is 176 Å². The fourth-order valence-electron chi connectivity index (χ4n) is 3.37. The monoisotopic (exact) mass is 411 g/mol. The fourth-order valence-corrected chi connectivity index (χ4v) is 4.19. The minimum absolute atomic E-state index is 0.0249. The predicted molar refractivity (Wildman–Crippen MR) is 120 cm³/mol. The number of amides is 1. The highest BCUT2D eigenvalue weighted by Gasteiger charge is 2.22. The summed E-state index contributed by atoms with van der Waals surface area (Å²) in [6, 6.07) is 10.2. The van der Waals surface area contributed by atoms with Gasteiger partial charge in [-0.2, -0.15) is 0 Å². The van der Waals surface area contributed by atoms with Crippen molar-refractivity contribution < 1.29 is 9.53 Å². The molecule has 0 radical (unpaired) electrons. The van der Waals surface area contributed by atoms with E-state index in [9.17, 15) is 4.79 Å². The number of hydrogen-bond acceptors (Lipinski definition) is 4. The van der Waals surface area contributed by atoms with Crippen molar-refractivity contribution in [1.29, 1.82) is 0 Å². The average molecular weight is 412 g/mol. The van der Waals surface area contributed by atoms with Gasteiger partial charge in [-0.15, -0.1) is 11.3 Å². The second kappa shape index (κ2) is 8.82. The molecular formula is C23H29N3O2S. The molecule has 0 aliphatic carbocycles. The van der Waals surface area contributed by atoms with E-state index in [2.05, 4.69) is 36.0 Å². The molecule has 1 amide bonds. The van der Waals surface area contributed by atoms with Crippen LogP contribution in [0.2, 0.25) is 0 Å². The van der Waals surface area contributed by atoms with Gasteiger partial charge in [0, 0.05) is 28.7 Å². The quantitative estimate of drug-likeness (QED) is 0.542. The molecule has 3 rings (SSSR count). The van der Waals surface area contributed by atoms with E-state index in [0.29, 0.717) is 5.56 Å². The third-order valence-electron chi connectivity index (χ3n) is 5.15. The van der Waals surface area contributed by atoms with E-state index in [0.717, 1.165) is 39.8 Å². The molecule has 0 aliphatic rings.